The first-order valence-corrected chi connectivity index (χ1v) is 5.76. The first-order chi connectivity index (χ1) is 8.47. The summed E-state index contributed by atoms with van der Waals surface area (Å²) in [4.78, 5) is 11.2. The van der Waals surface area contributed by atoms with E-state index in [1.165, 1.54) is 13.2 Å². The molecule has 1 rings (SSSR count). The molecule has 1 aromatic carbocycles. The maximum atomic E-state index is 13.8. The van der Waals surface area contributed by atoms with E-state index in [2.05, 4.69) is 0 Å². The van der Waals surface area contributed by atoms with Crippen LogP contribution in [0.3, 0.4) is 0 Å². The Kier molecular flexibility index (Phi) is 4.67. The van der Waals surface area contributed by atoms with Gasteiger partial charge in [-0.15, -0.1) is 0 Å². The Hall–Kier alpha value is -1.62. The van der Waals surface area contributed by atoms with Gasteiger partial charge in [-0.2, -0.15) is 0 Å². The fraction of sp³-hybridized carbons (Fsp3) is 0.462. The van der Waals surface area contributed by atoms with Crippen LogP contribution in [0.5, 0.6) is 5.75 Å². The number of carboxylic acids is 1. The van der Waals surface area contributed by atoms with E-state index in [1.807, 2.05) is 6.92 Å². The molecule has 4 nitrogen and oxygen atoms in total. The average molecular weight is 255 g/mol. The number of carbonyl (C=O) groups is 1. The fourth-order valence-corrected chi connectivity index (χ4v) is 2.11. The summed E-state index contributed by atoms with van der Waals surface area (Å²) in [5.41, 5.74) is 6.95. The van der Waals surface area contributed by atoms with Crippen LogP contribution in [0.1, 0.15) is 29.5 Å². The molecule has 0 amide bonds. The predicted octanol–water partition coefficient (Wildman–Crippen LogP) is 1.83. The van der Waals surface area contributed by atoms with Gasteiger partial charge in [0, 0.05) is 12.1 Å². The van der Waals surface area contributed by atoms with E-state index in [9.17, 15) is 9.18 Å². The molecule has 0 saturated carbocycles. The van der Waals surface area contributed by atoms with Crippen LogP contribution in [-0.2, 0) is 11.2 Å². The SMILES string of the molecule is CCc1c(C(CN)C(=O)O)cc(F)c(C)c1OC. The normalized spacial score (nSPS) is 12.3. The van der Waals surface area contributed by atoms with E-state index < -0.39 is 17.7 Å². The number of hydrogen-bond acceptors (Lipinski definition) is 3. The second-order valence-corrected chi connectivity index (χ2v) is 4.06. The summed E-state index contributed by atoms with van der Waals surface area (Å²) in [7, 11) is 1.45. The Morgan fingerprint density at radius 3 is 2.61 bits per heavy atom. The summed E-state index contributed by atoms with van der Waals surface area (Å²) in [5, 5.41) is 9.13. The van der Waals surface area contributed by atoms with Gasteiger partial charge in [-0.05, 0) is 30.5 Å². The monoisotopic (exact) mass is 255 g/mol. The lowest BCUT2D eigenvalue weighted by Gasteiger charge is -2.19. The predicted molar refractivity (Wildman–Crippen MR) is 66.5 cm³/mol. The van der Waals surface area contributed by atoms with Crippen molar-refractivity contribution >= 4 is 5.97 Å². The summed E-state index contributed by atoms with van der Waals surface area (Å²) in [5.74, 6) is -2.03. The Bertz CT molecular complexity index is 460. The number of hydrogen-bond donors (Lipinski definition) is 2. The molecular weight excluding hydrogens is 237 g/mol. The lowest BCUT2D eigenvalue weighted by molar-refractivity contribution is -0.138. The van der Waals surface area contributed by atoms with Crippen molar-refractivity contribution in [3.8, 4) is 5.75 Å². The lowest BCUT2D eigenvalue weighted by Crippen LogP contribution is -2.23. The van der Waals surface area contributed by atoms with Gasteiger partial charge in [-0.1, -0.05) is 6.92 Å². The zero-order chi connectivity index (χ0) is 13.9. The molecule has 0 saturated heterocycles. The molecule has 0 aliphatic carbocycles. The van der Waals surface area contributed by atoms with Crippen LogP contribution < -0.4 is 10.5 Å². The zero-order valence-electron chi connectivity index (χ0n) is 10.8. The standard InChI is InChI=1S/C13H18FNO3/c1-4-8-9(10(6-15)13(16)17)5-11(14)7(2)12(8)18-3/h5,10H,4,6,15H2,1-3H3,(H,16,17). The first kappa shape index (κ1) is 14.4. The highest BCUT2D eigenvalue weighted by Gasteiger charge is 2.25. The third kappa shape index (κ3) is 2.46. The summed E-state index contributed by atoms with van der Waals surface area (Å²) in [6.45, 7) is 3.40. The molecular formula is C13H18FNO3. The van der Waals surface area contributed by atoms with Gasteiger partial charge >= 0.3 is 5.97 Å². The van der Waals surface area contributed by atoms with E-state index in [0.717, 1.165) is 0 Å². The van der Waals surface area contributed by atoms with Gasteiger partial charge in [0.05, 0.1) is 13.0 Å². The quantitative estimate of drug-likeness (QED) is 0.842. The van der Waals surface area contributed by atoms with Gasteiger partial charge in [0.1, 0.15) is 11.6 Å². The van der Waals surface area contributed by atoms with Crippen LogP contribution in [0.25, 0.3) is 0 Å². The summed E-state index contributed by atoms with van der Waals surface area (Å²) >= 11 is 0. The molecule has 3 N–H and O–H groups in total. The van der Waals surface area contributed by atoms with Crippen molar-refractivity contribution in [2.75, 3.05) is 13.7 Å². The molecule has 5 heteroatoms. The van der Waals surface area contributed by atoms with E-state index in [0.29, 0.717) is 28.9 Å². The second kappa shape index (κ2) is 5.82. The largest absolute Gasteiger partial charge is 0.496 e. The highest BCUT2D eigenvalue weighted by molar-refractivity contribution is 5.77. The van der Waals surface area contributed by atoms with E-state index in [-0.39, 0.29) is 6.54 Å². The number of ether oxygens (including phenoxy) is 1. The van der Waals surface area contributed by atoms with E-state index in [4.69, 9.17) is 15.6 Å². The first-order valence-electron chi connectivity index (χ1n) is 5.76. The highest BCUT2D eigenvalue weighted by atomic mass is 19.1. The Balaban J connectivity index is 3.52. The number of rotatable bonds is 5. The minimum atomic E-state index is -1.06. The summed E-state index contributed by atoms with van der Waals surface area (Å²) < 4.78 is 19.0. The van der Waals surface area contributed by atoms with Gasteiger partial charge in [0.2, 0.25) is 0 Å². The maximum absolute atomic E-state index is 13.8. The number of nitrogens with two attached hydrogens (primary N) is 1. The van der Waals surface area contributed by atoms with Crippen molar-refractivity contribution in [1.29, 1.82) is 0 Å². The number of aliphatic carboxylic acids is 1. The van der Waals surface area contributed by atoms with Crippen molar-refractivity contribution in [3.05, 3.63) is 28.6 Å². The molecule has 1 unspecified atom stereocenters. The average Bonchev–Trinajstić information content (AvgIpc) is 2.33. The topological polar surface area (TPSA) is 72.6 Å². The molecule has 0 bridgehead atoms. The highest BCUT2D eigenvalue weighted by Crippen LogP contribution is 2.33. The Morgan fingerprint density at radius 2 is 2.22 bits per heavy atom. The fourth-order valence-electron chi connectivity index (χ4n) is 2.11. The number of carboxylic acid groups (broad SMARTS) is 1. The molecule has 0 aliphatic heterocycles. The Morgan fingerprint density at radius 1 is 1.61 bits per heavy atom. The molecule has 0 fully saturated rings. The molecule has 18 heavy (non-hydrogen) atoms. The smallest absolute Gasteiger partial charge is 0.312 e. The molecule has 1 aromatic rings. The molecule has 0 aliphatic rings. The van der Waals surface area contributed by atoms with Crippen LogP contribution >= 0.6 is 0 Å². The third-order valence-corrected chi connectivity index (χ3v) is 3.07. The minimum absolute atomic E-state index is 0.0754. The molecule has 100 valence electrons. The van der Waals surface area contributed by atoms with Crippen LogP contribution in [0, 0.1) is 12.7 Å². The van der Waals surface area contributed by atoms with Crippen LogP contribution in [0.4, 0.5) is 4.39 Å². The van der Waals surface area contributed by atoms with Crippen LogP contribution in [0.15, 0.2) is 6.07 Å². The van der Waals surface area contributed by atoms with Crippen molar-refractivity contribution in [1.82, 2.24) is 0 Å². The van der Waals surface area contributed by atoms with Crippen molar-refractivity contribution < 1.29 is 19.0 Å². The second-order valence-electron chi connectivity index (χ2n) is 4.06. The molecule has 0 aromatic heterocycles. The molecule has 0 radical (unpaired) electrons. The van der Waals surface area contributed by atoms with Gasteiger partial charge < -0.3 is 15.6 Å². The van der Waals surface area contributed by atoms with Crippen molar-refractivity contribution in [2.45, 2.75) is 26.2 Å². The molecule has 0 spiro atoms. The lowest BCUT2D eigenvalue weighted by atomic mass is 9.90. The van der Waals surface area contributed by atoms with Gasteiger partial charge in [-0.25, -0.2) is 4.39 Å². The van der Waals surface area contributed by atoms with Gasteiger partial charge in [0.15, 0.2) is 0 Å². The van der Waals surface area contributed by atoms with E-state index >= 15 is 0 Å². The summed E-state index contributed by atoms with van der Waals surface area (Å²) in [6, 6.07) is 1.25. The van der Waals surface area contributed by atoms with Crippen LogP contribution in [0.2, 0.25) is 0 Å². The molecule has 1 atom stereocenters. The Labute approximate surface area is 106 Å². The van der Waals surface area contributed by atoms with E-state index in [1.54, 1.807) is 6.92 Å². The van der Waals surface area contributed by atoms with Gasteiger partial charge in [-0.3, -0.25) is 4.79 Å². The molecule has 0 heterocycles. The van der Waals surface area contributed by atoms with Crippen LogP contribution in [-0.4, -0.2) is 24.7 Å². The number of methoxy groups -OCH3 is 1. The van der Waals surface area contributed by atoms with Gasteiger partial charge in [0.25, 0.3) is 0 Å². The minimum Gasteiger partial charge on any atom is -0.496 e. The maximum Gasteiger partial charge on any atom is 0.312 e. The zero-order valence-corrected chi connectivity index (χ0v) is 10.8. The number of halogens is 1. The van der Waals surface area contributed by atoms with Crippen molar-refractivity contribution in [3.63, 3.8) is 0 Å². The van der Waals surface area contributed by atoms with Crippen molar-refractivity contribution in [2.24, 2.45) is 5.73 Å². The summed E-state index contributed by atoms with van der Waals surface area (Å²) in [6.07, 6.45) is 0.559. The third-order valence-electron chi connectivity index (χ3n) is 3.07. The number of benzene rings is 1.